The van der Waals surface area contributed by atoms with Gasteiger partial charge in [-0.1, -0.05) is 60.7 Å². The number of carbonyl (C=O) groups is 3. The predicted molar refractivity (Wildman–Crippen MR) is 148 cm³/mol. The summed E-state index contributed by atoms with van der Waals surface area (Å²) in [6.45, 7) is 7.89. The van der Waals surface area contributed by atoms with E-state index in [1.807, 2.05) is 81.4 Å². The Labute approximate surface area is 228 Å². The quantitative estimate of drug-likeness (QED) is 0.505. The molecule has 1 spiro atoms. The molecule has 2 unspecified atom stereocenters. The van der Waals surface area contributed by atoms with Crippen molar-refractivity contribution in [2.75, 3.05) is 6.61 Å². The summed E-state index contributed by atoms with van der Waals surface area (Å²) in [5.41, 5.74) is 1.26. The Kier molecular flexibility index (Phi) is 6.84. The maximum Gasteiger partial charge on any atom is 0.244 e. The number of hydrogen-bond donors (Lipinski definition) is 3. The summed E-state index contributed by atoms with van der Waals surface area (Å²) >= 11 is 1.64. The number of nitrogens with one attached hydrogen (secondary N) is 2. The van der Waals surface area contributed by atoms with Gasteiger partial charge in [0, 0.05) is 16.8 Å². The van der Waals surface area contributed by atoms with Gasteiger partial charge in [-0.25, -0.2) is 0 Å². The number of hydrogen-bond acceptors (Lipinski definition) is 5. The first kappa shape index (κ1) is 26.8. The molecule has 7 nitrogen and oxygen atoms in total. The molecule has 3 saturated heterocycles. The van der Waals surface area contributed by atoms with Crippen LogP contribution in [0.3, 0.4) is 0 Å². The third kappa shape index (κ3) is 4.41. The molecule has 2 aromatic carbocycles. The number of nitrogens with zero attached hydrogens (tertiary/aromatic N) is 1. The van der Waals surface area contributed by atoms with Crippen LogP contribution in [0.25, 0.3) is 0 Å². The Morgan fingerprint density at radius 1 is 1.05 bits per heavy atom. The Bertz CT molecular complexity index is 1220. The molecule has 2 aromatic rings. The van der Waals surface area contributed by atoms with Crippen molar-refractivity contribution >= 4 is 29.5 Å². The van der Waals surface area contributed by atoms with Gasteiger partial charge in [0.25, 0.3) is 0 Å². The fraction of sp³-hybridized carbons (Fsp3) is 0.500. The normalized spacial score (nSPS) is 30.7. The number of amides is 3. The minimum absolute atomic E-state index is 0.152. The van der Waals surface area contributed by atoms with Crippen LogP contribution in [0.5, 0.6) is 0 Å². The molecule has 2 bridgehead atoms. The van der Waals surface area contributed by atoms with Crippen molar-refractivity contribution in [3.05, 3.63) is 71.8 Å². The number of benzene rings is 2. The summed E-state index contributed by atoms with van der Waals surface area (Å²) in [4.78, 5) is 43.8. The first-order valence-electron chi connectivity index (χ1n) is 13.3. The van der Waals surface area contributed by atoms with Crippen molar-refractivity contribution < 1.29 is 19.5 Å². The van der Waals surface area contributed by atoms with Crippen LogP contribution in [0.4, 0.5) is 0 Å². The minimum atomic E-state index is -0.796. The van der Waals surface area contributed by atoms with Gasteiger partial charge in [0.05, 0.1) is 29.2 Å². The van der Waals surface area contributed by atoms with Crippen LogP contribution in [-0.2, 0) is 20.9 Å². The standard InChI is InChI=1S/C30H37N3O4S/c1-28(2,3)32-26(36)24-30-16-15-29(4,38-30)22(25(35)31-17-19-11-7-5-8-12-19)23(30)27(37)33(24)21(18-34)20-13-9-6-10-14-20/h5-14,21-24,34H,15-18H2,1-4H3,(H,31,35)(H,32,36)/t21-,22+,23+,24?,29-,30?/m1/s1. The third-order valence-electron chi connectivity index (χ3n) is 8.25. The molecule has 3 fully saturated rings. The molecule has 3 aliphatic rings. The highest BCUT2D eigenvalue weighted by Crippen LogP contribution is 2.72. The zero-order valence-corrected chi connectivity index (χ0v) is 23.3. The van der Waals surface area contributed by atoms with Crippen LogP contribution in [-0.4, -0.2) is 55.4 Å². The average Bonchev–Trinajstić information content (AvgIpc) is 3.44. The molecule has 0 aliphatic carbocycles. The molecule has 38 heavy (non-hydrogen) atoms. The van der Waals surface area contributed by atoms with Gasteiger partial charge < -0.3 is 20.6 Å². The molecule has 5 rings (SSSR count). The van der Waals surface area contributed by atoms with Crippen molar-refractivity contribution in [2.45, 2.75) is 74.2 Å². The second-order valence-corrected chi connectivity index (χ2v) is 13.9. The molecule has 8 heteroatoms. The van der Waals surface area contributed by atoms with Gasteiger partial charge in [-0.15, -0.1) is 11.8 Å². The van der Waals surface area contributed by atoms with Gasteiger partial charge in [-0.3, -0.25) is 14.4 Å². The molecule has 0 radical (unpaired) electrons. The van der Waals surface area contributed by atoms with Gasteiger partial charge in [0.1, 0.15) is 6.04 Å². The molecule has 3 heterocycles. The number of rotatable bonds is 7. The van der Waals surface area contributed by atoms with E-state index in [0.717, 1.165) is 17.5 Å². The van der Waals surface area contributed by atoms with Gasteiger partial charge in [0.2, 0.25) is 17.7 Å². The number of thioether (sulfide) groups is 1. The summed E-state index contributed by atoms with van der Waals surface area (Å²) in [6.07, 6.45) is 1.41. The highest BCUT2D eigenvalue weighted by atomic mass is 32.2. The lowest BCUT2D eigenvalue weighted by Gasteiger charge is -2.38. The molecular weight excluding hydrogens is 498 g/mol. The van der Waals surface area contributed by atoms with E-state index in [2.05, 4.69) is 17.6 Å². The van der Waals surface area contributed by atoms with Crippen LogP contribution in [0.2, 0.25) is 0 Å². The summed E-state index contributed by atoms with van der Waals surface area (Å²) in [7, 11) is 0. The van der Waals surface area contributed by atoms with Gasteiger partial charge in [-0.05, 0) is 51.7 Å². The highest BCUT2D eigenvalue weighted by molar-refractivity contribution is 8.02. The SMILES string of the molecule is CC(C)(C)NC(=O)C1N([C@H](CO)c2ccccc2)C(=O)[C@@H]2[C@@H](C(=O)NCc3ccccc3)[C@@]3(C)CCC12S3. The average molecular weight is 536 g/mol. The molecule has 202 valence electrons. The lowest BCUT2D eigenvalue weighted by Crippen LogP contribution is -2.57. The van der Waals surface area contributed by atoms with Crippen molar-refractivity contribution in [3.63, 3.8) is 0 Å². The van der Waals surface area contributed by atoms with Crippen LogP contribution >= 0.6 is 11.8 Å². The molecule has 0 saturated carbocycles. The van der Waals surface area contributed by atoms with Gasteiger partial charge >= 0.3 is 0 Å². The molecular formula is C30H37N3O4S. The zero-order valence-electron chi connectivity index (χ0n) is 22.4. The van der Waals surface area contributed by atoms with E-state index in [1.165, 1.54) is 0 Å². The summed E-state index contributed by atoms with van der Waals surface area (Å²) < 4.78 is -1.19. The summed E-state index contributed by atoms with van der Waals surface area (Å²) in [6, 6.07) is 17.6. The minimum Gasteiger partial charge on any atom is -0.394 e. The Hall–Kier alpha value is -2.84. The number of likely N-dealkylation sites (tertiary alicyclic amines) is 1. The molecule has 3 aliphatic heterocycles. The van der Waals surface area contributed by atoms with Crippen LogP contribution in [0.1, 0.15) is 57.7 Å². The number of aliphatic hydroxyl groups excluding tert-OH is 1. The van der Waals surface area contributed by atoms with E-state index in [-0.39, 0.29) is 24.3 Å². The van der Waals surface area contributed by atoms with E-state index in [0.29, 0.717) is 13.0 Å². The van der Waals surface area contributed by atoms with Crippen molar-refractivity contribution in [1.29, 1.82) is 0 Å². The Morgan fingerprint density at radius 2 is 1.68 bits per heavy atom. The van der Waals surface area contributed by atoms with Gasteiger partial charge in [-0.2, -0.15) is 0 Å². The lowest BCUT2D eigenvalue weighted by molar-refractivity contribution is -0.143. The van der Waals surface area contributed by atoms with Crippen molar-refractivity contribution in [3.8, 4) is 0 Å². The molecule has 0 aromatic heterocycles. The topological polar surface area (TPSA) is 98.7 Å². The van der Waals surface area contributed by atoms with E-state index < -0.39 is 39.0 Å². The van der Waals surface area contributed by atoms with Crippen molar-refractivity contribution in [1.82, 2.24) is 15.5 Å². The van der Waals surface area contributed by atoms with E-state index in [9.17, 15) is 19.5 Å². The predicted octanol–water partition coefficient (Wildman–Crippen LogP) is 3.43. The first-order chi connectivity index (χ1) is 18.0. The number of fused-ring (bicyclic) bond motifs is 1. The Morgan fingerprint density at radius 3 is 2.29 bits per heavy atom. The zero-order chi connectivity index (χ0) is 27.3. The smallest absolute Gasteiger partial charge is 0.244 e. The maximum absolute atomic E-state index is 14.4. The maximum atomic E-state index is 14.4. The van der Waals surface area contributed by atoms with E-state index in [4.69, 9.17) is 0 Å². The van der Waals surface area contributed by atoms with Crippen molar-refractivity contribution in [2.24, 2.45) is 11.8 Å². The number of carbonyl (C=O) groups excluding carboxylic acids is 3. The monoisotopic (exact) mass is 535 g/mol. The number of aliphatic hydroxyl groups is 1. The van der Waals surface area contributed by atoms with Crippen LogP contribution in [0, 0.1) is 11.8 Å². The summed E-state index contributed by atoms with van der Waals surface area (Å²) in [5, 5.41) is 16.7. The van der Waals surface area contributed by atoms with E-state index >= 15 is 0 Å². The molecule has 3 amide bonds. The highest BCUT2D eigenvalue weighted by Gasteiger charge is 2.77. The molecule has 6 atom stereocenters. The third-order valence-corrected chi connectivity index (χ3v) is 10.2. The van der Waals surface area contributed by atoms with Crippen LogP contribution < -0.4 is 10.6 Å². The fourth-order valence-corrected chi connectivity index (χ4v) is 9.11. The van der Waals surface area contributed by atoms with E-state index in [1.54, 1.807) is 16.7 Å². The second-order valence-electron chi connectivity index (χ2n) is 12.0. The Balaban J connectivity index is 1.54. The largest absolute Gasteiger partial charge is 0.394 e. The van der Waals surface area contributed by atoms with Crippen LogP contribution in [0.15, 0.2) is 60.7 Å². The molecule has 3 N–H and O–H groups in total. The second kappa shape index (κ2) is 9.72. The lowest BCUT2D eigenvalue weighted by atomic mass is 9.66. The van der Waals surface area contributed by atoms with Gasteiger partial charge in [0.15, 0.2) is 0 Å². The first-order valence-corrected chi connectivity index (χ1v) is 14.1. The fourth-order valence-electron chi connectivity index (χ4n) is 6.76. The summed E-state index contributed by atoms with van der Waals surface area (Å²) in [5.74, 6) is -1.82.